The van der Waals surface area contributed by atoms with Crippen LogP contribution in [0.15, 0.2) is 60.7 Å². The number of likely N-dealkylation sites (N-methyl/N-ethyl adjacent to an activating group) is 2. The molecule has 0 amide bonds. The molecule has 130 valence electrons. The third kappa shape index (κ3) is 5.70. The molecule has 0 saturated carbocycles. The molecule has 1 unspecified atom stereocenters. The molecule has 0 aliphatic carbocycles. The third-order valence-corrected chi connectivity index (χ3v) is 7.17. The molecule has 0 spiro atoms. The summed E-state index contributed by atoms with van der Waals surface area (Å²) in [6.07, 6.45) is 1.21. The van der Waals surface area contributed by atoms with Gasteiger partial charge in [0.25, 0.3) is 0 Å². The molecule has 0 aliphatic heterocycles. The predicted octanol–water partition coefficient (Wildman–Crippen LogP) is 3.44. The van der Waals surface area contributed by atoms with Crippen LogP contribution in [0, 0.1) is 0 Å². The first kappa shape index (κ1) is 19.1. The van der Waals surface area contributed by atoms with Crippen LogP contribution < -0.4 is 15.9 Å². The Morgan fingerprint density at radius 1 is 0.917 bits per heavy atom. The van der Waals surface area contributed by atoms with Gasteiger partial charge in [0.05, 0.1) is 0 Å². The van der Waals surface area contributed by atoms with Crippen LogP contribution in [0.1, 0.15) is 20.8 Å². The van der Waals surface area contributed by atoms with Crippen molar-refractivity contribution in [3.8, 4) is 0 Å². The Hall–Kier alpha value is -1.21. The van der Waals surface area contributed by atoms with Gasteiger partial charge in [0.15, 0.2) is 0 Å². The zero-order valence-electron chi connectivity index (χ0n) is 15.3. The van der Waals surface area contributed by atoms with Gasteiger partial charge in [-0.05, 0) is 44.7 Å². The van der Waals surface area contributed by atoms with Gasteiger partial charge < -0.3 is 5.32 Å². The van der Waals surface area contributed by atoms with E-state index in [9.17, 15) is 0 Å². The lowest BCUT2D eigenvalue weighted by Gasteiger charge is -2.31. The summed E-state index contributed by atoms with van der Waals surface area (Å²) in [4.78, 5) is 2.60. The Morgan fingerprint density at radius 2 is 1.46 bits per heavy atom. The van der Waals surface area contributed by atoms with Crippen molar-refractivity contribution in [1.29, 1.82) is 0 Å². The van der Waals surface area contributed by atoms with E-state index >= 15 is 0 Å². The molecule has 0 aromatic heterocycles. The van der Waals surface area contributed by atoms with Crippen LogP contribution in [0.3, 0.4) is 0 Å². The van der Waals surface area contributed by atoms with E-state index in [2.05, 4.69) is 91.7 Å². The molecule has 1 N–H and O–H groups in total. The molecule has 0 saturated heterocycles. The minimum atomic E-state index is -0.309. The summed E-state index contributed by atoms with van der Waals surface area (Å²) in [5.74, 6) is 0. The molecule has 0 heterocycles. The molecule has 0 fully saturated rings. The van der Waals surface area contributed by atoms with Crippen molar-refractivity contribution >= 4 is 18.5 Å². The maximum absolute atomic E-state index is 3.45. The largest absolute Gasteiger partial charge is 0.316 e. The summed E-state index contributed by atoms with van der Waals surface area (Å²) in [5.41, 5.74) is 0. The second-order valence-electron chi connectivity index (χ2n) is 6.11. The van der Waals surface area contributed by atoms with Crippen molar-refractivity contribution in [2.24, 2.45) is 0 Å². The number of nitrogens with zero attached hydrogens (tertiary/aromatic N) is 1. The fourth-order valence-corrected chi connectivity index (χ4v) is 5.59. The van der Waals surface area contributed by atoms with Crippen LogP contribution in [0.2, 0.25) is 0 Å². The zero-order chi connectivity index (χ0) is 17.2. The standard InChI is InChI=1S/C21H31N2P/c1-4-22-16-17-23(5-2)19(3)18-24(20-12-8-6-9-13-20)21-14-10-7-11-15-21/h6-15,19,22H,4-5,16-18H2,1-3H3. The molecule has 3 heteroatoms. The highest BCUT2D eigenvalue weighted by atomic mass is 31.1. The van der Waals surface area contributed by atoms with Gasteiger partial charge in [0, 0.05) is 19.1 Å². The molecule has 0 bridgehead atoms. The van der Waals surface area contributed by atoms with Gasteiger partial charge in [-0.3, -0.25) is 4.90 Å². The molecular weight excluding hydrogens is 311 g/mol. The van der Waals surface area contributed by atoms with Gasteiger partial charge in [-0.25, -0.2) is 0 Å². The number of benzene rings is 2. The SMILES string of the molecule is CCNCCN(CC)C(C)CP(c1ccccc1)c1ccccc1. The lowest BCUT2D eigenvalue weighted by molar-refractivity contribution is 0.237. The topological polar surface area (TPSA) is 15.3 Å². The zero-order valence-corrected chi connectivity index (χ0v) is 16.2. The summed E-state index contributed by atoms with van der Waals surface area (Å²) in [6, 6.07) is 22.6. The van der Waals surface area contributed by atoms with E-state index in [4.69, 9.17) is 0 Å². The molecule has 0 aliphatic rings. The highest BCUT2D eigenvalue weighted by molar-refractivity contribution is 7.73. The molecular formula is C21H31N2P. The minimum absolute atomic E-state index is 0.309. The highest BCUT2D eigenvalue weighted by Gasteiger charge is 2.20. The van der Waals surface area contributed by atoms with Gasteiger partial charge in [-0.15, -0.1) is 0 Å². The number of hydrogen-bond acceptors (Lipinski definition) is 2. The molecule has 0 radical (unpaired) electrons. The van der Waals surface area contributed by atoms with Gasteiger partial charge in [-0.1, -0.05) is 74.5 Å². The van der Waals surface area contributed by atoms with Crippen molar-refractivity contribution in [3.63, 3.8) is 0 Å². The number of hydrogen-bond donors (Lipinski definition) is 1. The Morgan fingerprint density at radius 3 is 1.92 bits per heavy atom. The first-order valence-electron chi connectivity index (χ1n) is 9.08. The van der Waals surface area contributed by atoms with Crippen LogP contribution in [0.25, 0.3) is 0 Å². The van der Waals surface area contributed by atoms with Gasteiger partial charge in [0.2, 0.25) is 0 Å². The van der Waals surface area contributed by atoms with E-state index in [0.29, 0.717) is 6.04 Å². The van der Waals surface area contributed by atoms with Gasteiger partial charge >= 0.3 is 0 Å². The Bertz CT molecular complexity index is 519. The minimum Gasteiger partial charge on any atom is -0.316 e. The van der Waals surface area contributed by atoms with E-state index in [0.717, 1.165) is 26.2 Å². The lowest BCUT2D eigenvalue weighted by atomic mass is 10.3. The molecule has 1 atom stereocenters. The van der Waals surface area contributed by atoms with Crippen molar-refractivity contribution in [2.75, 3.05) is 32.3 Å². The Labute approximate surface area is 149 Å². The van der Waals surface area contributed by atoms with Crippen LogP contribution in [-0.4, -0.2) is 43.3 Å². The summed E-state index contributed by atoms with van der Waals surface area (Å²) < 4.78 is 0. The lowest BCUT2D eigenvalue weighted by Crippen LogP contribution is -2.40. The van der Waals surface area contributed by atoms with Crippen molar-refractivity contribution in [3.05, 3.63) is 60.7 Å². The Kier molecular flexibility index (Phi) is 8.45. The maximum Gasteiger partial charge on any atom is 0.0113 e. The second kappa shape index (κ2) is 10.6. The summed E-state index contributed by atoms with van der Waals surface area (Å²) >= 11 is 0. The van der Waals surface area contributed by atoms with E-state index in [1.807, 2.05) is 0 Å². The number of rotatable bonds is 10. The van der Waals surface area contributed by atoms with Crippen molar-refractivity contribution in [1.82, 2.24) is 10.2 Å². The van der Waals surface area contributed by atoms with Crippen LogP contribution >= 0.6 is 7.92 Å². The first-order chi connectivity index (χ1) is 11.8. The third-order valence-electron chi connectivity index (χ3n) is 4.44. The molecule has 2 nitrogen and oxygen atoms in total. The van der Waals surface area contributed by atoms with Crippen LogP contribution in [0.4, 0.5) is 0 Å². The van der Waals surface area contributed by atoms with Crippen LogP contribution in [0.5, 0.6) is 0 Å². The van der Waals surface area contributed by atoms with E-state index in [1.54, 1.807) is 0 Å². The van der Waals surface area contributed by atoms with E-state index in [1.165, 1.54) is 16.8 Å². The fourth-order valence-electron chi connectivity index (χ4n) is 3.05. The normalized spacial score (nSPS) is 12.7. The van der Waals surface area contributed by atoms with Crippen molar-refractivity contribution < 1.29 is 0 Å². The predicted molar refractivity (Wildman–Crippen MR) is 109 cm³/mol. The fraction of sp³-hybridized carbons (Fsp3) is 0.429. The average molecular weight is 342 g/mol. The summed E-state index contributed by atoms with van der Waals surface area (Å²) in [5, 5.41) is 6.41. The van der Waals surface area contributed by atoms with Crippen molar-refractivity contribution in [2.45, 2.75) is 26.8 Å². The quantitative estimate of drug-likeness (QED) is 0.526. The summed E-state index contributed by atoms with van der Waals surface area (Å²) in [6.45, 7) is 11.2. The number of nitrogens with one attached hydrogen (secondary N) is 1. The molecule has 24 heavy (non-hydrogen) atoms. The smallest absolute Gasteiger partial charge is 0.0113 e. The monoisotopic (exact) mass is 342 g/mol. The van der Waals surface area contributed by atoms with Gasteiger partial charge in [-0.2, -0.15) is 0 Å². The maximum atomic E-state index is 3.45. The first-order valence-corrected chi connectivity index (χ1v) is 10.6. The second-order valence-corrected chi connectivity index (χ2v) is 8.37. The highest BCUT2D eigenvalue weighted by Crippen LogP contribution is 2.35. The Balaban J connectivity index is 2.13. The average Bonchev–Trinajstić information content (AvgIpc) is 2.64. The van der Waals surface area contributed by atoms with Crippen LogP contribution in [-0.2, 0) is 0 Å². The molecule has 2 rings (SSSR count). The van der Waals surface area contributed by atoms with Gasteiger partial charge in [0.1, 0.15) is 0 Å². The van der Waals surface area contributed by atoms with E-state index in [-0.39, 0.29) is 7.92 Å². The summed E-state index contributed by atoms with van der Waals surface area (Å²) in [7, 11) is -0.309. The molecule has 2 aromatic rings. The van der Waals surface area contributed by atoms with E-state index < -0.39 is 0 Å². The molecule has 2 aromatic carbocycles.